The molecule has 0 saturated heterocycles. The van der Waals surface area contributed by atoms with Gasteiger partial charge in [-0.3, -0.25) is 0 Å². The second-order valence-electron chi connectivity index (χ2n) is 5.10. The number of hydrogen-bond donors (Lipinski definition) is 1. The van der Waals surface area contributed by atoms with E-state index in [1.54, 1.807) is 7.11 Å². The van der Waals surface area contributed by atoms with Crippen LogP contribution >= 0.6 is 11.6 Å². The monoisotopic (exact) mass is 328 g/mol. The lowest BCUT2D eigenvalue weighted by Crippen LogP contribution is -2.27. The molecular weight excluding hydrogens is 300 g/mol. The summed E-state index contributed by atoms with van der Waals surface area (Å²) in [5, 5.41) is 4.05. The number of benzene rings is 1. The lowest BCUT2D eigenvalue weighted by atomic mass is 10.2. The van der Waals surface area contributed by atoms with E-state index in [2.05, 4.69) is 24.1 Å². The maximum atomic E-state index is 6.25. The Bertz CT molecular complexity index is 437. The normalized spacial score (nSPS) is 11.0. The number of ether oxygens (including phenoxy) is 2. The van der Waals surface area contributed by atoms with Crippen molar-refractivity contribution in [3.05, 3.63) is 22.7 Å². The van der Waals surface area contributed by atoms with Crippen molar-refractivity contribution >= 4 is 11.6 Å². The summed E-state index contributed by atoms with van der Waals surface area (Å²) in [6.07, 6.45) is 1.14. The molecule has 0 fully saturated rings. The first kappa shape index (κ1) is 19.1. The van der Waals surface area contributed by atoms with Crippen LogP contribution in [0.15, 0.2) is 12.1 Å². The van der Waals surface area contributed by atoms with Gasteiger partial charge in [0.05, 0.1) is 18.7 Å². The maximum absolute atomic E-state index is 6.25. The standard InChI is InChI=1S/C17H29ClN2O2/c1-5-20(6-2)10-8-9-19-13-14-11-15(18)17(21-4)16(12-14)22-7-3/h11-12,19H,5-10,13H2,1-4H3. The van der Waals surface area contributed by atoms with Crippen molar-refractivity contribution in [3.8, 4) is 11.5 Å². The molecule has 0 radical (unpaired) electrons. The molecule has 1 aromatic rings. The third-order valence-electron chi connectivity index (χ3n) is 3.62. The van der Waals surface area contributed by atoms with Gasteiger partial charge < -0.3 is 19.7 Å². The predicted molar refractivity (Wildman–Crippen MR) is 93.3 cm³/mol. The summed E-state index contributed by atoms with van der Waals surface area (Å²) in [6, 6.07) is 3.92. The lowest BCUT2D eigenvalue weighted by Gasteiger charge is -2.18. The summed E-state index contributed by atoms with van der Waals surface area (Å²) < 4.78 is 10.9. The van der Waals surface area contributed by atoms with Gasteiger partial charge in [0.15, 0.2) is 11.5 Å². The van der Waals surface area contributed by atoms with Crippen LogP contribution in [-0.4, -0.2) is 44.8 Å². The molecule has 0 spiro atoms. The van der Waals surface area contributed by atoms with Crippen LogP contribution in [0.1, 0.15) is 32.8 Å². The van der Waals surface area contributed by atoms with E-state index in [0.29, 0.717) is 23.1 Å². The van der Waals surface area contributed by atoms with Crippen molar-refractivity contribution in [2.24, 2.45) is 0 Å². The summed E-state index contributed by atoms with van der Waals surface area (Å²) in [4.78, 5) is 2.43. The van der Waals surface area contributed by atoms with Crippen LogP contribution in [0.3, 0.4) is 0 Å². The minimum Gasteiger partial charge on any atom is -0.491 e. The molecule has 5 heteroatoms. The zero-order chi connectivity index (χ0) is 16.4. The highest BCUT2D eigenvalue weighted by Gasteiger charge is 2.11. The Labute approximate surface area is 139 Å². The van der Waals surface area contributed by atoms with E-state index < -0.39 is 0 Å². The van der Waals surface area contributed by atoms with Gasteiger partial charge in [0, 0.05) is 6.54 Å². The number of hydrogen-bond acceptors (Lipinski definition) is 4. The molecular formula is C17H29ClN2O2. The van der Waals surface area contributed by atoms with Crippen molar-refractivity contribution < 1.29 is 9.47 Å². The predicted octanol–water partition coefficient (Wildman–Crippen LogP) is 3.57. The third-order valence-corrected chi connectivity index (χ3v) is 3.91. The van der Waals surface area contributed by atoms with Gasteiger partial charge in [-0.15, -0.1) is 0 Å². The SMILES string of the molecule is CCOc1cc(CNCCCN(CC)CC)cc(Cl)c1OC. The second-order valence-corrected chi connectivity index (χ2v) is 5.51. The number of rotatable bonds is 11. The molecule has 0 atom stereocenters. The Morgan fingerprint density at radius 3 is 2.50 bits per heavy atom. The van der Waals surface area contributed by atoms with Gasteiger partial charge in [0.25, 0.3) is 0 Å². The maximum Gasteiger partial charge on any atom is 0.179 e. The fraction of sp³-hybridized carbons (Fsp3) is 0.647. The molecule has 0 saturated carbocycles. The summed E-state index contributed by atoms with van der Waals surface area (Å²) in [7, 11) is 1.61. The van der Waals surface area contributed by atoms with E-state index in [1.807, 2.05) is 19.1 Å². The van der Waals surface area contributed by atoms with E-state index in [1.165, 1.54) is 0 Å². The number of nitrogens with one attached hydrogen (secondary N) is 1. The molecule has 0 unspecified atom stereocenters. The quantitative estimate of drug-likeness (QED) is 0.630. The first-order valence-electron chi connectivity index (χ1n) is 8.08. The fourth-order valence-electron chi connectivity index (χ4n) is 2.38. The van der Waals surface area contributed by atoms with E-state index in [-0.39, 0.29) is 0 Å². The van der Waals surface area contributed by atoms with Crippen LogP contribution in [0.4, 0.5) is 0 Å². The molecule has 0 aliphatic heterocycles. The van der Waals surface area contributed by atoms with Gasteiger partial charge >= 0.3 is 0 Å². The van der Waals surface area contributed by atoms with Crippen LogP contribution in [-0.2, 0) is 6.54 Å². The summed E-state index contributed by atoms with van der Waals surface area (Å²) in [6.45, 7) is 12.1. The highest BCUT2D eigenvalue weighted by atomic mass is 35.5. The van der Waals surface area contributed by atoms with Crippen molar-refractivity contribution in [2.45, 2.75) is 33.7 Å². The van der Waals surface area contributed by atoms with Gasteiger partial charge in [-0.2, -0.15) is 0 Å². The Morgan fingerprint density at radius 1 is 1.18 bits per heavy atom. The van der Waals surface area contributed by atoms with Gasteiger partial charge in [-0.05, 0) is 57.2 Å². The largest absolute Gasteiger partial charge is 0.491 e. The molecule has 1 aromatic carbocycles. The Hall–Kier alpha value is -0.970. The highest BCUT2D eigenvalue weighted by Crippen LogP contribution is 2.36. The zero-order valence-corrected chi connectivity index (χ0v) is 15.0. The molecule has 22 heavy (non-hydrogen) atoms. The van der Waals surface area contributed by atoms with Crippen molar-refractivity contribution in [1.82, 2.24) is 10.2 Å². The van der Waals surface area contributed by atoms with E-state index >= 15 is 0 Å². The Morgan fingerprint density at radius 2 is 1.91 bits per heavy atom. The minimum absolute atomic E-state index is 0.591. The number of nitrogens with zero attached hydrogens (tertiary/aromatic N) is 1. The van der Waals surface area contributed by atoms with E-state index in [4.69, 9.17) is 21.1 Å². The van der Waals surface area contributed by atoms with Crippen LogP contribution in [0.5, 0.6) is 11.5 Å². The Balaban J connectivity index is 2.49. The van der Waals surface area contributed by atoms with Crippen LogP contribution in [0, 0.1) is 0 Å². The third kappa shape index (κ3) is 6.03. The van der Waals surface area contributed by atoms with E-state index in [9.17, 15) is 0 Å². The molecule has 0 amide bonds. The first-order chi connectivity index (χ1) is 10.7. The average Bonchev–Trinajstić information content (AvgIpc) is 2.51. The van der Waals surface area contributed by atoms with Crippen molar-refractivity contribution in [1.29, 1.82) is 0 Å². The molecule has 0 aliphatic carbocycles. The fourth-order valence-corrected chi connectivity index (χ4v) is 2.70. The molecule has 4 nitrogen and oxygen atoms in total. The first-order valence-corrected chi connectivity index (χ1v) is 8.46. The summed E-state index contributed by atoms with van der Waals surface area (Å²) in [5.41, 5.74) is 1.11. The van der Waals surface area contributed by atoms with Crippen molar-refractivity contribution in [2.75, 3.05) is 39.9 Å². The van der Waals surface area contributed by atoms with Crippen molar-refractivity contribution in [3.63, 3.8) is 0 Å². The molecule has 0 bridgehead atoms. The molecule has 1 N–H and O–H groups in total. The summed E-state index contributed by atoms with van der Waals surface area (Å²) >= 11 is 6.25. The lowest BCUT2D eigenvalue weighted by molar-refractivity contribution is 0.298. The van der Waals surface area contributed by atoms with Gasteiger partial charge in [-0.1, -0.05) is 25.4 Å². The highest BCUT2D eigenvalue weighted by molar-refractivity contribution is 6.32. The molecule has 0 aromatic heterocycles. The minimum atomic E-state index is 0.591. The number of halogens is 1. The molecule has 126 valence electrons. The molecule has 0 aliphatic rings. The smallest absolute Gasteiger partial charge is 0.179 e. The van der Waals surface area contributed by atoms with Gasteiger partial charge in [0.1, 0.15) is 0 Å². The average molecular weight is 329 g/mol. The van der Waals surface area contributed by atoms with Crippen LogP contribution < -0.4 is 14.8 Å². The second kappa shape index (κ2) is 10.7. The van der Waals surface area contributed by atoms with Gasteiger partial charge in [-0.25, -0.2) is 0 Å². The molecule has 1 rings (SSSR count). The summed E-state index contributed by atoms with van der Waals surface area (Å²) in [5.74, 6) is 1.31. The van der Waals surface area contributed by atoms with Crippen LogP contribution in [0.25, 0.3) is 0 Å². The van der Waals surface area contributed by atoms with E-state index in [0.717, 1.165) is 44.7 Å². The topological polar surface area (TPSA) is 33.7 Å². The van der Waals surface area contributed by atoms with Crippen LogP contribution in [0.2, 0.25) is 5.02 Å². The van der Waals surface area contributed by atoms with Gasteiger partial charge in [0.2, 0.25) is 0 Å². The zero-order valence-electron chi connectivity index (χ0n) is 14.2. The Kier molecular flexibility index (Phi) is 9.28. The number of methoxy groups -OCH3 is 1. The molecule has 0 heterocycles.